The third-order valence-electron chi connectivity index (χ3n) is 6.80. The quantitative estimate of drug-likeness (QED) is 0.0613. The van der Waals surface area contributed by atoms with Crippen molar-refractivity contribution in [1.29, 1.82) is 0 Å². The Labute approximate surface area is 252 Å². The van der Waals surface area contributed by atoms with Crippen molar-refractivity contribution in [3.05, 3.63) is 0 Å². The highest BCUT2D eigenvalue weighted by Crippen LogP contribution is 2.00. The predicted molar refractivity (Wildman–Crippen MR) is 165 cm³/mol. The van der Waals surface area contributed by atoms with Crippen molar-refractivity contribution in [2.24, 2.45) is 0 Å². The van der Waals surface area contributed by atoms with E-state index in [1.54, 1.807) is 21.1 Å². The summed E-state index contributed by atoms with van der Waals surface area (Å²) in [5.41, 5.74) is 0. The predicted octanol–water partition coefficient (Wildman–Crippen LogP) is -2.06. The summed E-state index contributed by atoms with van der Waals surface area (Å²) in [6.07, 6.45) is 1.84. The fourth-order valence-corrected chi connectivity index (χ4v) is 4.13. The van der Waals surface area contributed by atoms with E-state index >= 15 is 0 Å². The van der Waals surface area contributed by atoms with Gasteiger partial charge in [-0.15, -0.1) is 0 Å². The summed E-state index contributed by atoms with van der Waals surface area (Å²) in [5, 5.41) is 17.0. The number of nitrogens with zero attached hydrogens (tertiary/aromatic N) is 3. The van der Waals surface area contributed by atoms with Gasteiger partial charge < -0.3 is 46.6 Å². The fraction of sp³-hybridized carbons (Fsp3) is 0.821. The number of rotatable bonds is 26. The molecule has 0 bridgehead atoms. The Morgan fingerprint density at radius 2 is 0.714 bits per heavy atom. The second-order valence-electron chi connectivity index (χ2n) is 9.95. The molecule has 0 aliphatic carbocycles. The Morgan fingerprint density at radius 1 is 0.429 bits per heavy atom. The van der Waals surface area contributed by atoms with Gasteiger partial charge in [0.05, 0.1) is 0 Å². The third kappa shape index (κ3) is 21.9. The van der Waals surface area contributed by atoms with Crippen LogP contribution in [0.2, 0.25) is 0 Å². The summed E-state index contributed by atoms with van der Waals surface area (Å²) in [6.45, 7) is 11.9. The monoisotopic (exact) mass is 599 g/mol. The standard InChI is InChI=1S/C28H57N9O5/c1-6-33-27(41)11-18-36(19-12-28(42)34-7-2)22-23-37(17-10-26(40)31-5)21-14-32-13-20-35(15-8-24(38)29-3)16-9-25(39)30-4/h32H,6-23H2,1-5H3,(H,29,38)(H,30,39)(H,31,40)(H,33,41)(H,34,42). The maximum absolute atomic E-state index is 12.0. The van der Waals surface area contributed by atoms with Crippen LogP contribution >= 0.6 is 0 Å². The van der Waals surface area contributed by atoms with Gasteiger partial charge in [0.15, 0.2) is 0 Å². The minimum atomic E-state index is -0.0364. The summed E-state index contributed by atoms with van der Waals surface area (Å²) < 4.78 is 0. The molecule has 0 aromatic carbocycles. The van der Waals surface area contributed by atoms with E-state index in [2.05, 4.69) is 46.6 Å². The number of carbonyl (C=O) groups is 5. The van der Waals surface area contributed by atoms with Crippen molar-refractivity contribution in [3.63, 3.8) is 0 Å². The summed E-state index contributed by atoms with van der Waals surface area (Å²) in [7, 11) is 4.85. The van der Waals surface area contributed by atoms with Gasteiger partial charge in [-0.05, 0) is 13.8 Å². The second-order valence-corrected chi connectivity index (χ2v) is 9.95. The molecule has 0 saturated carbocycles. The maximum atomic E-state index is 12.0. The van der Waals surface area contributed by atoms with Crippen LogP contribution in [0.25, 0.3) is 0 Å². The molecule has 0 fully saturated rings. The SMILES string of the molecule is CCNC(=O)CCN(CCC(=O)NCC)CCN(CCNCCN(CCC(=O)NC)CCC(=O)NC)CCC(=O)NC. The van der Waals surface area contributed by atoms with E-state index in [1.165, 1.54) is 0 Å². The summed E-state index contributed by atoms with van der Waals surface area (Å²) in [6, 6.07) is 0. The lowest BCUT2D eigenvalue weighted by atomic mass is 10.2. The van der Waals surface area contributed by atoms with Gasteiger partial charge >= 0.3 is 0 Å². The lowest BCUT2D eigenvalue weighted by Crippen LogP contribution is -2.43. The highest BCUT2D eigenvalue weighted by molar-refractivity contribution is 5.77. The molecular weight excluding hydrogens is 542 g/mol. The molecule has 0 aliphatic heterocycles. The van der Waals surface area contributed by atoms with Crippen LogP contribution in [-0.2, 0) is 24.0 Å². The lowest BCUT2D eigenvalue weighted by molar-refractivity contribution is -0.122. The number of carbonyl (C=O) groups excluding carboxylic acids is 5. The first-order valence-corrected chi connectivity index (χ1v) is 15.2. The Morgan fingerprint density at radius 3 is 1.02 bits per heavy atom. The average molecular weight is 600 g/mol. The van der Waals surface area contributed by atoms with Crippen LogP contribution in [0, 0.1) is 0 Å². The summed E-state index contributed by atoms with van der Waals surface area (Å²) in [5.74, 6) is -0.127. The van der Waals surface area contributed by atoms with Crippen molar-refractivity contribution >= 4 is 29.5 Å². The molecule has 0 spiro atoms. The minimum absolute atomic E-state index is 0.0131. The van der Waals surface area contributed by atoms with Gasteiger partial charge in [-0.2, -0.15) is 0 Å². The first kappa shape index (κ1) is 39.2. The second kappa shape index (κ2) is 25.9. The molecular formula is C28H57N9O5. The smallest absolute Gasteiger partial charge is 0.221 e. The van der Waals surface area contributed by atoms with Crippen LogP contribution in [-0.4, -0.2) is 150 Å². The molecule has 0 saturated heterocycles. The van der Waals surface area contributed by atoms with E-state index < -0.39 is 0 Å². The normalized spacial score (nSPS) is 11.0. The zero-order valence-corrected chi connectivity index (χ0v) is 26.6. The first-order chi connectivity index (χ1) is 20.2. The zero-order chi connectivity index (χ0) is 31.6. The Kier molecular flexibility index (Phi) is 24.1. The van der Waals surface area contributed by atoms with Crippen molar-refractivity contribution in [3.8, 4) is 0 Å². The van der Waals surface area contributed by atoms with Gasteiger partial charge in [0.2, 0.25) is 29.5 Å². The minimum Gasteiger partial charge on any atom is -0.359 e. The molecule has 14 heteroatoms. The zero-order valence-electron chi connectivity index (χ0n) is 26.6. The first-order valence-electron chi connectivity index (χ1n) is 15.2. The van der Waals surface area contributed by atoms with Crippen LogP contribution in [0.15, 0.2) is 0 Å². The van der Waals surface area contributed by atoms with E-state index in [-0.39, 0.29) is 29.5 Å². The van der Waals surface area contributed by atoms with Crippen LogP contribution in [0.1, 0.15) is 46.0 Å². The molecule has 5 amide bonds. The van der Waals surface area contributed by atoms with Gasteiger partial charge in [-0.3, -0.25) is 24.0 Å². The molecule has 0 aromatic rings. The molecule has 0 radical (unpaired) electrons. The van der Waals surface area contributed by atoms with Crippen LogP contribution in [0.4, 0.5) is 0 Å². The molecule has 42 heavy (non-hydrogen) atoms. The van der Waals surface area contributed by atoms with Gasteiger partial charge in [-0.25, -0.2) is 0 Å². The fourth-order valence-electron chi connectivity index (χ4n) is 4.13. The highest BCUT2D eigenvalue weighted by atomic mass is 16.2. The molecule has 6 N–H and O–H groups in total. The van der Waals surface area contributed by atoms with Gasteiger partial charge in [0, 0.05) is 138 Å². The molecule has 0 heterocycles. The maximum Gasteiger partial charge on any atom is 0.221 e. The largest absolute Gasteiger partial charge is 0.359 e. The van der Waals surface area contributed by atoms with E-state index in [0.29, 0.717) is 117 Å². The molecule has 244 valence electrons. The van der Waals surface area contributed by atoms with Crippen LogP contribution in [0.3, 0.4) is 0 Å². The Hall–Kier alpha value is -2.81. The van der Waals surface area contributed by atoms with Gasteiger partial charge in [0.25, 0.3) is 0 Å². The summed E-state index contributed by atoms with van der Waals surface area (Å²) >= 11 is 0. The van der Waals surface area contributed by atoms with E-state index in [9.17, 15) is 24.0 Å². The number of hydrogen-bond acceptors (Lipinski definition) is 9. The van der Waals surface area contributed by atoms with E-state index in [1.807, 2.05) is 13.8 Å². The Bertz CT molecular complexity index is 743. The summed E-state index contributed by atoms with van der Waals surface area (Å²) in [4.78, 5) is 65.9. The third-order valence-corrected chi connectivity index (χ3v) is 6.80. The topological polar surface area (TPSA) is 167 Å². The number of amides is 5. The van der Waals surface area contributed by atoms with Crippen molar-refractivity contribution in [2.45, 2.75) is 46.0 Å². The van der Waals surface area contributed by atoms with E-state index in [0.717, 1.165) is 0 Å². The van der Waals surface area contributed by atoms with E-state index in [4.69, 9.17) is 0 Å². The molecule has 14 nitrogen and oxygen atoms in total. The molecule has 0 aromatic heterocycles. The van der Waals surface area contributed by atoms with Crippen LogP contribution in [0.5, 0.6) is 0 Å². The Balaban J connectivity index is 4.98. The molecule has 0 unspecified atom stereocenters. The molecule has 0 aliphatic rings. The molecule has 0 atom stereocenters. The molecule has 0 rings (SSSR count). The lowest BCUT2D eigenvalue weighted by Gasteiger charge is -2.28. The number of nitrogens with one attached hydrogen (secondary N) is 6. The van der Waals surface area contributed by atoms with Gasteiger partial charge in [-0.1, -0.05) is 0 Å². The number of hydrogen-bond donors (Lipinski definition) is 6. The van der Waals surface area contributed by atoms with Crippen molar-refractivity contribution < 1.29 is 24.0 Å². The van der Waals surface area contributed by atoms with Gasteiger partial charge in [0.1, 0.15) is 0 Å². The van der Waals surface area contributed by atoms with Crippen molar-refractivity contribution in [2.75, 3.05) is 106 Å². The van der Waals surface area contributed by atoms with Crippen LogP contribution < -0.4 is 31.9 Å². The highest BCUT2D eigenvalue weighted by Gasteiger charge is 2.14. The average Bonchev–Trinajstić information content (AvgIpc) is 2.98. The van der Waals surface area contributed by atoms with Crippen molar-refractivity contribution in [1.82, 2.24) is 46.6 Å².